The summed E-state index contributed by atoms with van der Waals surface area (Å²) in [5.74, 6) is -2.52. The standard InChI is InChI=1S/C15H19F2NO2/c1-15(2)5-3-10(4-6-15)20-14(19)11-7-9(16)8-12(18)13(11)17/h7-8,10H,3-6,18H2,1-2H3. The molecule has 0 heterocycles. The number of nitrogens with two attached hydrogens (primary N) is 1. The first-order valence-electron chi connectivity index (χ1n) is 6.74. The lowest BCUT2D eigenvalue weighted by molar-refractivity contribution is 0.00903. The second kappa shape index (κ2) is 5.38. The summed E-state index contributed by atoms with van der Waals surface area (Å²) in [5, 5.41) is 0. The third-order valence-corrected chi connectivity index (χ3v) is 3.85. The van der Waals surface area contributed by atoms with Crippen LogP contribution in [0.4, 0.5) is 14.5 Å². The number of carbonyl (C=O) groups is 1. The Hall–Kier alpha value is -1.65. The highest BCUT2D eigenvalue weighted by molar-refractivity contribution is 5.91. The van der Waals surface area contributed by atoms with Gasteiger partial charge in [0, 0.05) is 0 Å². The number of anilines is 1. The van der Waals surface area contributed by atoms with Crippen molar-refractivity contribution in [1.82, 2.24) is 0 Å². The number of nitrogen functional groups attached to an aromatic ring is 1. The van der Waals surface area contributed by atoms with Gasteiger partial charge in [0.1, 0.15) is 17.5 Å². The van der Waals surface area contributed by atoms with E-state index in [9.17, 15) is 13.6 Å². The minimum atomic E-state index is -0.924. The normalized spacial score (nSPS) is 18.8. The Balaban J connectivity index is 2.06. The molecule has 0 aliphatic heterocycles. The fraction of sp³-hybridized carbons (Fsp3) is 0.533. The highest BCUT2D eigenvalue weighted by atomic mass is 19.1. The summed E-state index contributed by atoms with van der Waals surface area (Å²) in [7, 11) is 0. The Morgan fingerprint density at radius 3 is 2.50 bits per heavy atom. The van der Waals surface area contributed by atoms with Crippen LogP contribution in [0.1, 0.15) is 49.9 Å². The zero-order chi connectivity index (χ0) is 14.9. The quantitative estimate of drug-likeness (QED) is 0.665. The number of hydrogen-bond acceptors (Lipinski definition) is 3. The van der Waals surface area contributed by atoms with Crippen molar-refractivity contribution >= 4 is 11.7 Å². The highest BCUT2D eigenvalue weighted by Crippen LogP contribution is 2.36. The van der Waals surface area contributed by atoms with E-state index in [0.29, 0.717) is 0 Å². The maximum atomic E-state index is 13.7. The van der Waals surface area contributed by atoms with Crippen molar-refractivity contribution in [1.29, 1.82) is 0 Å². The number of ether oxygens (including phenoxy) is 1. The minimum absolute atomic E-state index is 0.237. The zero-order valence-corrected chi connectivity index (χ0v) is 11.7. The predicted octanol–water partition coefficient (Wildman–Crippen LogP) is 3.67. The average Bonchev–Trinajstić information content (AvgIpc) is 2.36. The van der Waals surface area contributed by atoms with E-state index in [0.717, 1.165) is 37.8 Å². The van der Waals surface area contributed by atoms with Gasteiger partial charge < -0.3 is 10.5 Å². The van der Waals surface area contributed by atoms with Crippen molar-refractivity contribution in [2.24, 2.45) is 5.41 Å². The average molecular weight is 283 g/mol. The summed E-state index contributed by atoms with van der Waals surface area (Å²) in [6.45, 7) is 4.33. The molecule has 110 valence electrons. The third kappa shape index (κ3) is 3.26. The van der Waals surface area contributed by atoms with Crippen LogP contribution in [0.2, 0.25) is 0 Å². The molecule has 1 aromatic carbocycles. The van der Waals surface area contributed by atoms with Gasteiger partial charge in [-0.2, -0.15) is 0 Å². The molecular weight excluding hydrogens is 264 g/mol. The summed E-state index contributed by atoms with van der Waals surface area (Å²) < 4.78 is 32.2. The molecule has 0 atom stereocenters. The lowest BCUT2D eigenvalue weighted by atomic mass is 9.76. The third-order valence-electron chi connectivity index (χ3n) is 3.85. The van der Waals surface area contributed by atoms with Gasteiger partial charge in [0.2, 0.25) is 0 Å². The number of rotatable bonds is 2. The molecule has 2 N–H and O–H groups in total. The van der Waals surface area contributed by atoms with Crippen molar-refractivity contribution in [3.63, 3.8) is 0 Å². The van der Waals surface area contributed by atoms with Gasteiger partial charge in [-0.3, -0.25) is 0 Å². The summed E-state index contributed by atoms with van der Waals surface area (Å²) >= 11 is 0. The molecule has 0 bridgehead atoms. The van der Waals surface area contributed by atoms with E-state index in [1.807, 2.05) is 0 Å². The van der Waals surface area contributed by atoms with E-state index >= 15 is 0 Å². The molecular formula is C15H19F2NO2. The van der Waals surface area contributed by atoms with Crippen LogP contribution in [0.5, 0.6) is 0 Å². The summed E-state index contributed by atoms with van der Waals surface area (Å²) in [4.78, 5) is 11.9. The van der Waals surface area contributed by atoms with Crippen LogP contribution in [0, 0.1) is 17.0 Å². The van der Waals surface area contributed by atoms with Crippen molar-refractivity contribution in [3.8, 4) is 0 Å². The Kier molecular flexibility index (Phi) is 3.97. The molecule has 1 fully saturated rings. The summed E-state index contributed by atoms with van der Waals surface area (Å²) in [5.41, 5.74) is 4.73. The number of benzene rings is 1. The fourth-order valence-electron chi connectivity index (χ4n) is 2.46. The first-order valence-corrected chi connectivity index (χ1v) is 6.74. The van der Waals surface area contributed by atoms with Crippen molar-refractivity contribution in [2.45, 2.75) is 45.6 Å². The SMILES string of the molecule is CC1(C)CCC(OC(=O)c2cc(F)cc(N)c2F)CC1. The molecule has 0 unspecified atom stereocenters. The van der Waals surface area contributed by atoms with E-state index in [4.69, 9.17) is 10.5 Å². The van der Waals surface area contributed by atoms with Gasteiger partial charge in [-0.05, 0) is 43.2 Å². The second-order valence-electron chi connectivity index (χ2n) is 6.13. The van der Waals surface area contributed by atoms with Crippen LogP contribution < -0.4 is 5.73 Å². The lowest BCUT2D eigenvalue weighted by Gasteiger charge is -2.33. The van der Waals surface area contributed by atoms with Gasteiger partial charge in [-0.1, -0.05) is 13.8 Å². The van der Waals surface area contributed by atoms with E-state index in [2.05, 4.69) is 13.8 Å². The van der Waals surface area contributed by atoms with Gasteiger partial charge in [-0.25, -0.2) is 13.6 Å². The smallest absolute Gasteiger partial charge is 0.341 e. The van der Waals surface area contributed by atoms with Gasteiger partial charge in [0.15, 0.2) is 5.82 Å². The van der Waals surface area contributed by atoms with Crippen molar-refractivity contribution in [2.75, 3.05) is 5.73 Å². The molecule has 0 aromatic heterocycles. The maximum absolute atomic E-state index is 13.7. The number of hydrogen-bond donors (Lipinski definition) is 1. The predicted molar refractivity (Wildman–Crippen MR) is 72.2 cm³/mol. The van der Waals surface area contributed by atoms with Crippen molar-refractivity contribution in [3.05, 3.63) is 29.3 Å². The molecule has 5 heteroatoms. The molecule has 1 aromatic rings. The van der Waals surface area contributed by atoms with E-state index in [1.54, 1.807) is 0 Å². The summed E-state index contributed by atoms with van der Waals surface area (Å²) in [6, 6.07) is 1.66. The highest BCUT2D eigenvalue weighted by Gasteiger charge is 2.29. The molecule has 0 saturated heterocycles. The fourth-order valence-corrected chi connectivity index (χ4v) is 2.46. The van der Waals surface area contributed by atoms with E-state index in [1.165, 1.54) is 0 Å². The molecule has 3 nitrogen and oxygen atoms in total. The molecule has 1 saturated carbocycles. The number of halogens is 2. The first kappa shape index (κ1) is 14.8. The van der Waals surface area contributed by atoms with Gasteiger partial charge in [0.05, 0.1) is 5.69 Å². The first-order chi connectivity index (χ1) is 9.28. The van der Waals surface area contributed by atoms with Gasteiger partial charge in [0.25, 0.3) is 0 Å². The Morgan fingerprint density at radius 1 is 1.30 bits per heavy atom. The Labute approximate surface area is 117 Å². The molecule has 0 radical (unpaired) electrons. The topological polar surface area (TPSA) is 52.3 Å². The minimum Gasteiger partial charge on any atom is -0.459 e. The van der Waals surface area contributed by atoms with E-state index in [-0.39, 0.29) is 17.2 Å². The number of carbonyl (C=O) groups excluding carboxylic acids is 1. The largest absolute Gasteiger partial charge is 0.459 e. The number of esters is 1. The lowest BCUT2D eigenvalue weighted by Crippen LogP contribution is -2.28. The Morgan fingerprint density at radius 2 is 1.90 bits per heavy atom. The molecule has 1 aliphatic carbocycles. The molecule has 2 rings (SSSR count). The van der Waals surface area contributed by atoms with Crippen LogP contribution in [0.25, 0.3) is 0 Å². The van der Waals surface area contributed by atoms with Gasteiger partial charge >= 0.3 is 5.97 Å². The monoisotopic (exact) mass is 283 g/mol. The maximum Gasteiger partial charge on any atom is 0.341 e. The molecule has 20 heavy (non-hydrogen) atoms. The van der Waals surface area contributed by atoms with Crippen LogP contribution in [-0.4, -0.2) is 12.1 Å². The summed E-state index contributed by atoms with van der Waals surface area (Å²) in [6.07, 6.45) is 3.13. The molecule has 1 aliphatic rings. The van der Waals surface area contributed by atoms with Crippen molar-refractivity contribution < 1.29 is 18.3 Å². The zero-order valence-electron chi connectivity index (χ0n) is 11.7. The van der Waals surface area contributed by atoms with E-state index < -0.39 is 23.2 Å². The van der Waals surface area contributed by atoms with Crippen LogP contribution in [0.3, 0.4) is 0 Å². The Bertz CT molecular complexity index is 519. The second-order valence-corrected chi connectivity index (χ2v) is 6.13. The van der Waals surface area contributed by atoms with Crippen LogP contribution in [-0.2, 0) is 4.74 Å². The van der Waals surface area contributed by atoms with Gasteiger partial charge in [-0.15, -0.1) is 0 Å². The molecule has 0 spiro atoms. The molecule has 0 amide bonds. The van der Waals surface area contributed by atoms with Crippen LogP contribution in [0.15, 0.2) is 12.1 Å². The van der Waals surface area contributed by atoms with Crippen LogP contribution >= 0.6 is 0 Å².